The fourth-order valence-corrected chi connectivity index (χ4v) is 3.83. The van der Waals surface area contributed by atoms with Crippen molar-refractivity contribution in [2.45, 2.75) is 37.3 Å². The molecular weight excluding hydrogens is 380 g/mol. The van der Waals surface area contributed by atoms with Crippen LogP contribution in [0.2, 0.25) is 0 Å². The lowest BCUT2D eigenvalue weighted by atomic mass is 10.0. The van der Waals surface area contributed by atoms with Gasteiger partial charge in [0.15, 0.2) is 5.65 Å². The zero-order chi connectivity index (χ0) is 20.2. The summed E-state index contributed by atoms with van der Waals surface area (Å²) in [5.74, 6) is -0.805. The lowest BCUT2D eigenvalue weighted by Crippen LogP contribution is -2.29. The molecule has 2 aliphatic rings. The maximum atomic E-state index is 14.3. The van der Waals surface area contributed by atoms with Crippen LogP contribution in [0.4, 0.5) is 20.3 Å². The van der Waals surface area contributed by atoms with Crippen LogP contribution >= 0.6 is 0 Å². The second-order valence-electron chi connectivity index (χ2n) is 7.62. The lowest BCUT2D eigenvalue weighted by Gasteiger charge is -2.26. The number of amides is 1. The summed E-state index contributed by atoms with van der Waals surface area (Å²) in [6, 6.07) is 4.92. The second-order valence-corrected chi connectivity index (χ2v) is 7.62. The fourth-order valence-electron chi connectivity index (χ4n) is 3.83. The van der Waals surface area contributed by atoms with Crippen LogP contribution in [0.3, 0.4) is 0 Å². The van der Waals surface area contributed by atoms with Crippen LogP contribution in [0.15, 0.2) is 36.7 Å². The third-order valence-electron chi connectivity index (χ3n) is 5.61. The zero-order valence-electron chi connectivity index (χ0n) is 15.5. The topological polar surface area (TPSA) is 82.8 Å². The van der Waals surface area contributed by atoms with Gasteiger partial charge in [-0.15, -0.1) is 0 Å². The number of carbonyl (C=O) groups is 1. The Hall–Kier alpha value is -3.07. The van der Waals surface area contributed by atoms with E-state index in [0.29, 0.717) is 48.5 Å². The van der Waals surface area contributed by atoms with Gasteiger partial charge in [-0.05, 0) is 49.9 Å². The molecule has 150 valence electrons. The third-order valence-corrected chi connectivity index (χ3v) is 5.61. The number of hydrogen-bond donors (Lipinski definition) is 2. The van der Waals surface area contributed by atoms with Gasteiger partial charge in [0.1, 0.15) is 28.7 Å². The molecule has 2 aromatic heterocycles. The van der Waals surface area contributed by atoms with E-state index < -0.39 is 23.1 Å². The minimum absolute atomic E-state index is 0.308. The van der Waals surface area contributed by atoms with Gasteiger partial charge >= 0.3 is 0 Å². The van der Waals surface area contributed by atoms with Gasteiger partial charge in [-0.1, -0.05) is 0 Å². The molecular formula is C20H19F2N5O2. The van der Waals surface area contributed by atoms with Crippen molar-refractivity contribution in [2.24, 2.45) is 0 Å². The molecule has 0 radical (unpaired) electrons. The molecule has 2 fully saturated rings. The summed E-state index contributed by atoms with van der Waals surface area (Å²) in [5.41, 5.74) is -0.182. The van der Waals surface area contributed by atoms with E-state index in [1.807, 2.05) is 4.90 Å². The van der Waals surface area contributed by atoms with Gasteiger partial charge in [-0.3, -0.25) is 4.79 Å². The molecule has 0 spiro atoms. The van der Waals surface area contributed by atoms with Crippen molar-refractivity contribution in [3.8, 4) is 0 Å². The van der Waals surface area contributed by atoms with Gasteiger partial charge in [0.25, 0.3) is 5.91 Å². The smallest absolute Gasteiger partial charge is 0.256 e. The maximum Gasteiger partial charge on any atom is 0.256 e. The molecule has 1 atom stereocenters. The zero-order valence-corrected chi connectivity index (χ0v) is 15.5. The highest BCUT2D eigenvalue weighted by molar-refractivity contribution is 6.01. The van der Waals surface area contributed by atoms with E-state index in [1.54, 1.807) is 12.3 Å². The number of anilines is 2. The highest BCUT2D eigenvalue weighted by Gasteiger charge is 2.48. The standard InChI is InChI=1S/C20H19F2N5O2/c21-12-3-4-14(22)13(10-12)16-2-1-8-26(16)17-5-9-27-18(25-17)15(11-23-27)24-19(28)20(29)6-7-20/h3-5,9-11,16,29H,1-2,6-8H2,(H,24,28)/t16-/m1/s1. The molecule has 0 bridgehead atoms. The number of rotatable bonds is 4. The minimum atomic E-state index is -1.30. The molecule has 9 heteroatoms. The first-order valence-electron chi connectivity index (χ1n) is 9.54. The molecule has 5 rings (SSSR count). The summed E-state index contributed by atoms with van der Waals surface area (Å²) in [6.07, 6.45) is 5.56. The molecule has 0 unspecified atom stereocenters. The summed E-state index contributed by atoms with van der Waals surface area (Å²) in [6.45, 7) is 0.652. The monoisotopic (exact) mass is 399 g/mol. The molecule has 1 saturated carbocycles. The molecule has 3 heterocycles. The van der Waals surface area contributed by atoms with Gasteiger partial charge in [-0.2, -0.15) is 5.10 Å². The molecule has 3 aromatic rings. The van der Waals surface area contributed by atoms with Crippen LogP contribution in [-0.4, -0.2) is 37.8 Å². The largest absolute Gasteiger partial charge is 0.380 e. The van der Waals surface area contributed by atoms with Gasteiger partial charge in [0.05, 0.1) is 12.2 Å². The Morgan fingerprint density at radius 3 is 2.90 bits per heavy atom. The van der Waals surface area contributed by atoms with E-state index in [1.165, 1.54) is 16.8 Å². The number of benzene rings is 1. The van der Waals surface area contributed by atoms with Crippen molar-refractivity contribution >= 4 is 23.1 Å². The molecule has 1 aromatic carbocycles. The van der Waals surface area contributed by atoms with Crippen LogP contribution < -0.4 is 10.2 Å². The highest BCUT2D eigenvalue weighted by Crippen LogP contribution is 2.38. The molecule has 1 amide bonds. The average molecular weight is 399 g/mol. The summed E-state index contributed by atoms with van der Waals surface area (Å²) in [5, 5.41) is 16.8. The number of halogens is 2. The first kappa shape index (κ1) is 18.0. The van der Waals surface area contributed by atoms with E-state index in [2.05, 4.69) is 15.4 Å². The van der Waals surface area contributed by atoms with Crippen molar-refractivity contribution < 1.29 is 18.7 Å². The number of hydrogen-bond acceptors (Lipinski definition) is 5. The summed E-state index contributed by atoms with van der Waals surface area (Å²) >= 11 is 0. The SMILES string of the molecule is O=C(Nc1cnn2ccc(N3CCC[C@@H]3c3cc(F)ccc3F)nc12)C1(O)CC1. The molecule has 1 aliphatic carbocycles. The first-order valence-corrected chi connectivity index (χ1v) is 9.54. The summed E-state index contributed by atoms with van der Waals surface area (Å²) in [4.78, 5) is 18.7. The van der Waals surface area contributed by atoms with Crippen molar-refractivity contribution in [3.05, 3.63) is 53.9 Å². The Labute approximate surface area is 165 Å². The van der Waals surface area contributed by atoms with Crippen LogP contribution in [0.1, 0.15) is 37.3 Å². The Balaban J connectivity index is 1.48. The lowest BCUT2D eigenvalue weighted by molar-refractivity contribution is -0.125. The Bertz CT molecular complexity index is 1110. The second kappa shape index (κ2) is 6.48. The minimum Gasteiger partial charge on any atom is -0.380 e. The molecule has 1 saturated heterocycles. The number of aliphatic hydroxyl groups is 1. The van der Waals surface area contributed by atoms with Crippen molar-refractivity contribution in [3.63, 3.8) is 0 Å². The van der Waals surface area contributed by atoms with E-state index in [0.717, 1.165) is 18.6 Å². The number of nitrogens with one attached hydrogen (secondary N) is 1. The number of carbonyl (C=O) groups excluding carboxylic acids is 1. The third kappa shape index (κ3) is 3.11. The normalized spacial score (nSPS) is 20.2. The van der Waals surface area contributed by atoms with Gasteiger partial charge in [-0.25, -0.2) is 18.3 Å². The van der Waals surface area contributed by atoms with Gasteiger partial charge in [0.2, 0.25) is 0 Å². The predicted octanol–water partition coefficient (Wildman–Crippen LogP) is 2.81. The van der Waals surface area contributed by atoms with Crippen molar-refractivity contribution in [1.29, 1.82) is 0 Å². The van der Waals surface area contributed by atoms with Gasteiger partial charge in [0, 0.05) is 18.3 Å². The van der Waals surface area contributed by atoms with Gasteiger partial charge < -0.3 is 15.3 Å². The Morgan fingerprint density at radius 1 is 1.28 bits per heavy atom. The molecule has 1 aliphatic heterocycles. The van der Waals surface area contributed by atoms with E-state index >= 15 is 0 Å². The van der Waals surface area contributed by atoms with E-state index in [9.17, 15) is 18.7 Å². The molecule has 29 heavy (non-hydrogen) atoms. The summed E-state index contributed by atoms with van der Waals surface area (Å²) in [7, 11) is 0. The van der Waals surface area contributed by atoms with Crippen LogP contribution in [0, 0.1) is 11.6 Å². The van der Waals surface area contributed by atoms with Crippen LogP contribution in [0.25, 0.3) is 5.65 Å². The first-order chi connectivity index (χ1) is 13.9. The van der Waals surface area contributed by atoms with Crippen LogP contribution in [0.5, 0.6) is 0 Å². The van der Waals surface area contributed by atoms with Crippen LogP contribution in [-0.2, 0) is 4.79 Å². The number of nitrogens with zero attached hydrogens (tertiary/aromatic N) is 4. The fraction of sp³-hybridized carbons (Fsp3) is 0.350. The maximum absolute atomic E-state index is 14.3. The quantitative estimate of drug-likeness (QED) is 0.705. The molecule has 2 N–H and O–H groups in total. The Morgan fingerprint density at radius 2 is 2.10 bits per heavy atom. The molecule has 7 nitrogen and oxygen atoms in total. The van der Waals surface area contributed by atoms with Crippen molar-refractivity contribution in [2.75, 3.05) is 16.8 Å². The van der Waals surface area contributed by atoms with Crippen molar-refractivity contribution in [1.82, 2.24) is 14.6 Å². The number of fused-ring (bicyclic) bond motifs is 1. The van der Waals surface area contributed by atoms with E-state index in [4.69, 9.17) is 0 Å². The Kier molecular flexibility index (Phi) is 4.02. The highest BCUT2D eigenvalue weighted by atomic mass is 19.1. The average Bonchev–Trinajstić information content (AvgIpc) is 3.13. The summed E-state index contributed by atoms with van der Waals surface area (Å²) < 4.78 is 29.6. The van der Waals surface area contributed by atoms with E-state index in [-0.39, 0.29) is 6.04 Å². The number of aromatic nitrogens is 3. The predicted molar refractivity (Wildman–Crippen MR) is 101 cm³/mol.